The van der Waals surface area contributed by atoms with Crippen LogP contribution in [-0.2, 0) is 4.74 Å². The maximum absolute atomic E-state index is 11.4. The molecule has 4 heteroatoms. The predicted octanol–water partition coefficient (Wildman–Crippen LogP) is 1.51. The molecule has 0 amide bonds. The van der Waals surface area contributed by atoms with Crippen LogP contribution in [0.5, 0.6) is 0 Å². The van der Waals surface area contributed by atoms with Gasteiger partial charge < -0.3 is 9.14 Å². The molecule has 2 heterocycles. The molecule has 72 valence electrons. The SMILES string of the molecule is CCOC(=O)c1cc2ncccn2c1. The summed E-state index contributed by atoms with van der Waals surface area (Å²) in [5, 5.41) is 0. The van der Waals surface area contributed by atoms with Crippen LogP contribution in [0.2, 0.25) is 0 Å². The molecule has 0 unspecified atom stereocenters. The number of nitrogens with zero attached hydrogens (tertiary/aromatic N) is 2. The lowest BCUT2D eigenvalue weighted by Gasteiger charge is -1.96. The van der Waals surface area contributed by atoms with Gasteiger partial charge in [-0.3, -0.25) is 0 Å². The summed E-state index contributed by atoms with van der Waals surface area (Å²) in [6, 6.07) is 3.51. The number of hydrogen-bond donors (Lipinski definition) is 0. The molecule has 0 spiro atoms. The fraction of sp³-hybridized carbons (Fsp3) is 0.200. The smallest absolute Gasteiger partial charge is 0.339 e. The minimum Gasteiger partial charge on any atom is -0.462 e. The van der Waals surface area contributed by atoms with E-state index < -0.39 is 0 Å². The largest absolute Gasteiger partial charge is 0.462 e. The average molecular weight is 190 g/mol. The maximum atomic E-state index is 11.4. The summed E-state index contributed by atoms with van der Waals surface area (Å²) in [6.07, 6.45) is 5.23. The molecule has 0 saturated heterocycles. The van der Waals surface area contributed by atoms with Crippen molar-refractivity contribution < 1.29 is 9.53 Å². The minimum absolute atomic E-state index is 0.307. The summed E-state index contributed by atoms with van der Waals surface area (Å²) >= 11 is 0. The van der Waals surface area contributed by atoms with E-state index in [0.29, 0.717) is 12.2 Å². The first-order valence-corrected chi connectivity index (χ1v) is 4.41. The van der Waals surface area contributed by atoms with Crippen LogP contribution < -0.4 is 0 Å². The quantitative estimate of drug-likeness (QED) is 0.674. The molecule has 0 bridgehead atoms. The Kier molecular flexibility index (Phi) is 2.18. The van der Waals surface area contributed by atoms with Gasteiger partial charge in [-0.1, -0.05) is 0 Å². The molecule has 14 heavy (non-hydrogen) atoms. The fourth-order valence-corrected chi connectivity index (χ4v) is 1.27. The van der Waals surface area contributed by atoms with Gasteiger partial charge in [-0.05, 0) is 19.1 Å². The highest BCUT2D eigenvalue weighted by atomic mass is 16.5. The highest BCUT2D eigenvalue weighted by Crippen LogP contribution is 2.08. The van der Waals surface area contributed by atoms with E-state index in [1.165, 1.54) is 0 Å². The second kappa shape index (κ2) is 3.49. The molecule has 0 saturated carbocycles. The first kappa shape index (κ1) is 8.74. The normalized spacial score (nSPS) is 10.4. The van der Waals surface area contributed by atoms with E-state index in [2.05, 4.69) is 4.98 Å². The Morgan fingerprint density at radius 2 is 2.50 bits per heavy atom. The Hall–Kier alpha value is -1.84. The van der Waals surface area contributed by atoms with E-state index in [1.54, 1.807) is 29.8 Å². The third-order valence-corrected chi connectivity index (χ3v) is 1.88. The lowest BCUT2D eigenvalue weighted by Crippen LogP contribution is -2.02. The second-order valence-electron chi connectivity index (χ2n) is 2.83. The highest BCUT2D eigenvalue weighted by Gasteiger charge is 2.08. The number of rotatable bonds is 2. The Labute approximate surface area is 81.1 Å². The first-order valence-electron chi connectivity index (χ1n) is 4.41. The average Bonchev–Trinajstić information content (AvgIpc) is 2.61. The highest BCUT2D eigenvalue weighted by molar-refractivity contribution is 5.90. The number of esters is 1. The van der Waals surface area contributed by atoms with E-state index >= 15 is 0 Å². The van der Waals surface area contributed by atoms with Gasteiger partial charge in [0.25, 0.3) is 0 Å². The van der Waals surface area contributed by atoms with E-state index in [0.717, 1.165) is 5.65 Å². The lowest BCUT2D eigenvalue weighted by atomic mass is 10.3. The zero-order valence-corrected chi connectivity index (χ0v) is 7.80. The summed E-state index contributed by atoms with van der Waals surface area (Å²) in [4.78, 5) is 15.5. The van der Waals surface area contributed by atoms with Gasteiger partial charge in [0.05, 0.1) is 12.2 Å². The maximum Gasteiger partial charge on any atom is 0.339 e. The predicted molar refractivity (Wildman–Crippen MR) is 51.1 cm³/mol. The molecule has 0 N–H and O–H groups in total. The van der Waals surface area contributed by atoms with Crippen molar-refractivity contribution >= 4 is 11.6 Å². The number of ether oxygens (including phenoxy) is 1. The van der Waals surface area contributed by atoms with E-state index in [1.807, 2.05) is 12.3 Å². The van der Waals surface area contributed by atoms with Crippen molar-refractivity contribution in [3.05, 3.63) is 36.3 Å². The minimum atomic E-state index is -0.307. The standard InChI is InChI=1S/C10H10N2O2/c1-2-14-10(13)8-6-9-11-4-3-5-12(9)7-8/h3-7H,2H2,1H3. The van der Waals surface area contributed by atoms with Crippen molar-refractivity contribution in [1.82, 2.24) is 9.38 Å². The molecule has 0 radical (unpaired) electrons. The zero-order valence-electron chi connectivity index (χ0n) is 7.80. The van der Waals surface area contributed by atoms with Crippen LogP contribution in [-0.4, -0.2) is 22.0 Å². The van der Waals surface area contributed by atoms with Crippen LogP contribution in [0.25, 0.3) is 5.65 Å². The van der Waals surface area contributed by atoms with Gasteiger partial charge in [0, 0.05) is 18.6 Å². The number of hydrogen-bond acceptors (Lipinski definition) is 3. The van der Waals surface area contributed by atoms with Crippen molar-refractivity contribution in [3.63, 3.8) is 0 Å². The molecular weight excluding hydrogens is 180 g/mol. The summed E-state index contributed by atoms with van der Waals surface area (Å²) in [5.41, 5.74) is 1.28. The summed E-state index contributed by atoms with van der Waals surface area (Å²) in [7, 11) is 0. The van der Waals surface area contributed by atoms with Crippen molar-refractivity contribution in [2.45, 2.75) is 6.92 Å². The first-order chi connectivity index (χ1) is 6.81. The summed E-state index contributed by atoms with van der Waals surface area (Å²) in [5.74, 6) is -0.307. The van der Waals surface area contributed by atoms with Gasteiger partial charge in [0.2, 0.25) is 0 Å². The van der Waals surface area contributed by atoms with Crippen LogP contribution >= 0.6 is 0 Å². The fourth-order valence-electron chi connectivity index (χ4n) is 1.27. The van der Waals surface area contributed by atoms with Crippen LogP contribution in [0, 0.1) is 0 Å². The van der Waals surface area contributed by atoms with Gasteiger partial charge >= 0.3 is 5.97 Å². The summed E-state index contributed by atoms with van der Waals surface area (Å²) < 4.78 is 6.66. The van der Waals surface area contributed by atoms with Crippen LogP contribution in [0.15, 0.2) is 30.7 Å². The Morgan fingerprint density at radius 3 is 3.21 bits per heavy atom. The number of carbonyl (C=O) groups is 1. The number of carbonyl (C=O) groups excluding carboxylic acids is 1. The Morgan fingerprint density at radius 1 is 1.64 bits per heavy atom. The van der Waals surface area contributed by atoms with Crippen molar-refractivity contribution in [3.8, 4) is 0 Å². The zero-order chi connectivity index (χ0) is 9.97. The number of fused-ring (bicyclic) bond motifs is 1. The van der Waals surface area contributed by atoms with Crippen LogP contribution in [0.4, 0.5) is 0 Å². The van der Waals surface area contributed by atoms with Gasteiger partial charge in [0.1, 0.15) is 5.65 Å². The van der Waals surface area contributed by atoms with Gasteiger partial charge in [-0.15, -0.1) is 0 Å². The van der Waals surface area contributed by atoms with E-state index in [9.17, 15) is 4.79 Å². The Balaban J connectivity index is 2.40. The van der Waals surface area contributed by atoms with Gasteiger partial charge in [0.15, 0.2) is 0 Å². The molecule has 0 aliphatic rings. The monoisotopic (exact) mass is 190 g/mol. The van der Waals surface area contributed by atoms with Gasteiger partial charge in [-0.2, -0.15) is 0 Å². The molecule has 0 fully saturated rings. The third kappa shape index (κ3) is 1.46. The molecular formula is C10H10N2O2. The molecule has 2 aromatic rings. The molecule has 0 aromatic carbocycles. The molecule has 2 rings (SSSR count). The molecule has 0 atom stereocenters. The van der Waals surface area contributed by atoms with Crippen molar-refractivity contribution in [1.29, 1.82) is 0 Å². The van der Waals surface area contributed by atoms with Crippen LogP contribution in [0.3, 0.4) is 0 Å². The summed E-state index contributed by atoms with van der Waals surface area (Å²) in [6.45, 7) is 2.17. The third-order valence-electron chi connectivity index (χ3n) is 1.88. The lowest BCUT2D eigenvalue weighted by molar-refractivity contribution is 0.0526. The second-order valence-corrected chi connectivity index (χ2v) is 2.83. The molecule has 0 aliphatic heterocycles. The van der Waals surface area contributed by atoms with Crippen molar-refractivity contribution in [2.75, 3.05) is 6.61 Å². The topological polar surface area (TPSA) is 43.6 Å². The molecule has 2 aromatic heterocycles. The molecule has 0 aliphatic carbocycles. The van der Waals surface area contributed by atoms with Gasteiger partial charge in [-0.25, -0.2) is 9.78 Å². The van der Waals surface area contributed by atoms with E-state index in [4.69, 9.17) is 4.74 Å². The number of aromatic nitrogens is 2. The van der Waals surface area contributed by atoms with E-state index in [-0.39, 0.29) is 5.97 Å². The molecule has 4 nitrogen and oxygen atoms in total. The van der Waals surface area contributed by atoms with Crippen LogP contribution in [0.1, 0.15) is 17.3 Å². The van der Waals surface area contributed by atoms with Crippen molar-refractivity contribution in [2.24, 2.45) is 0 Å². The Bertz CT molecular complexity index is 429.